The fourth-order valence-corrected chi connectivity index (χ4v) is 1.97. The highest BCUT2D eigenvalue weighted by Gasteiger charge is 2.10. The minimum absolute atomic E-state index is 0.0335. The third kappa shape index (κ3) is 2.85. The first-order valence-corrected chi connectivity index (χ1v) is 6.42. The van der Waals surface area contributed by atoms with Crippen molar-refractivity contribution in [3.63, 3.8) is 0 Å². The monoisotopic (exact) mass is 265 g/mol. The lowest BCUT2D eigenvalue weighted by Gasteiger charge is -2.11. The summed E-state index contributed by atoms with van der Waals surface area (Å²) in [5.41, 5.74) is 0.987. The number of esters is 1. The fourth-order valence-electron chi connectivity index (χ4n) is 1.79. The average molecular weight is 266 g/mol. The minimum atomic E-state index is -0.211. The van der Waals surface area contributed by atoms with Crippen LogP contribution in [0.1, 0.15) is 20.3 Å². The van der Waals surface area contributed by atoms with Crippen LogP contribution < -0.4 is 0 Å². The molecule has 0 spiro atoms. The maximum atomic E-state index is 11.7. The van der Waals surface area contributed by atoms with Crippen molar-refractivity contribution in [2.24, 2.45) is 0 Å². The number of carbonyl (C=O) groups is 1. The van der Waals surface area contributed by atoms with Crippen molar-refractivity contribution in [1.82, 2.24) is 4.57 Å². The van der Waals surface area contributed by atoms with E-state index in [0.29, 0.717) is 5.02 Å². The molecule has 2 aromatic rings. The third-order valence-corrected chi connectivity index (χ3v) is 3.18. The lowest BCUT2D eigenvalue weighted by molar-refractivity contribution is -0.148. The molecule has 0 aliphatic rings. The molecule has 1 aromatic carbocycles. The Bertz CT molecular complexity index is 562. The number of carbonyl (C=O) groups excluding carboxylic acids is 1. The van der Waals surface area contributed by atoms with E-state index in [0.717, 1.165) is 17.3 Å². The number of nitrogens with zero attached hydrogens (tertiary/aromatic N) is 1. The van der Waals surface area contributed by atoms with Gasteiger partial charge < -0.3 is 9.30 Å². The van der Waals surface area contributed by atoms with Crippen LogP contribution in [0.15, 0.2) is 30.5 Å². The molecule has 3 nitrogen and oxygen atoms in total. The van der Waals surface area contributed by atoms with E-state index in [9.17, 15) is 4.79 Å². The van der Waals surface area contributed by atoms with Gasteiger partial charge in [-0.2, -0.15) is 0 Å². The zero-order valence-electron chi connectivity index (χ0n) is 10.5. The van der Waals surface area contributed by atoms with Gasteiger partial charge in [0.25, 0.3) is 0 Å². The Labute approximate surface area is 111 Å². The first-order chi connectivity index (χ1) is 8.60. The molecular formula is C14H16ClNO2. The number of halogens is 1. The quantitative estimate of drug-likeness (QED) is 0.791. The van der Waals surface area contributed by atoms with Gasteiger partial charge in [-0.3, -0.25) is 4.79 Å². The van der Waals surface area contributed by atoms with E-state index in [-0.39, 0.29) is 18.6 Å². The smallest absolute Gasteiger partial charge is 0.326 e. The summed E-state index contributed by atoms with van der Waals surface area (Å²) in [6.07, 6.45) is 2.67. The number of rotatable bonds is 4. The molecule has 0 N–H and O–H groups in total. The van der Waals surface area contributed by atoms with E-state index in [1.165, 1.54) is 0 Å². The normalized spacial score (nSPS) is 12.6. The summed E-state index contributed by atoms with van der Waals surface area (Å²) in [5.74, 6) is -0.211. The number of hydrogen-bond donors (Lipinski definition) is 0. The van der Waals surface area contributed by atoms with Crippen molar-refractivity contribution in [1.29, 1.82) is 0 Å². The van der Waals surface area contributed by atoms with Crippen LogP contribution >= 0.6 is 11.6 Å². The number of ether oxygens (including phenoxy) is 1. The van der Waals surface area contributed by atoms with Crippen molar-refractivity contribution >= 4 is 28.5 Å². The first-order valence-electron chi connectivity index (χ1n) is 6.04. The van der Waals surface area contributed by atoms with Crippen LogP contribution in [0.25, 0.3) is 10.9 Å². The molecule has 96 valence electrons. The molecule has 1 aromatic heterocycles. The maximum Gasteiger partial charge on any atom is 0.326 e. The van der Waals surface area contributed by atoms with E-state index in [1.54, 1.807) is 0 Å². The standard InChI is InChI=1S/C14H16ClNO2/c1-3-10(2)18-14(17)9-16-7-6-11-8-12(15)4-5-13(11)16/h4-8,10H,3,9H2,1-2H3. The van der Waals surface area contributed by atoms with Crippen molar-refractivity contribution in [2.75, 3.05) is 0 Å². The van der Waals surface area contributed by atoms with E-state index in [2.05, 4.69) is 0 Å². The van der Waals surface area contributed by atoms with Crippen LogP contribution in [-0.4, -0.2) is 16.6 Å². The summed E-state index contributed by atoms with van der Waals surface area (Å²) in [4.78, 5) is 11.7. The summed E-state index contributed by atoms with van der Waals surface area (Å²) in [7, 11) is 0. The van der Waals surface area contributed by atoms with Crippen LogP contribution in [0.3, 0.4) is 0 Å². The Morgan fingerprint density at radius 2 is 2.22 bits per heavy atom. The first kappa shape index (κ1) is 13.0. The molecule has 0 amide bonds. The second-order valence-electron chi connectivity index (χ2n) is 4.36. The van der Waals surface area contributed by atoms with Crippen LogP contribution in [0, 0.1) is 0 Å². The summed E-state index contributed by atoms with van der Waals surface area (Å²) in [6.45, 7) is 4.12. The van der Waals surface area contributed by atoms with Gasteiger partial charge in [-0.1, -0.05) is 18.5 Å². The second-order valence-corrected chi connectivity index (χ2v) is 4.79. The lowest BCUT2D eigenvalue weighted by Crippen LogP contribution is -2.18. The average Bonchev–Trinajstić information content (AvgIpc) is 2.71. The predicted octanol–water partition coefficient (Wildman–Crippen LogP) is 3.64. The van der Waals surface area contributed by atoms with Crippen molar-refractivity contribution < 1.29 is 9.53 Å². The van der Waals surface area contributed by atoms with Crippen molar-refractivity contribution in [2.45, 2.75) is 32.9 Å². The van der Waals surface area contributed by atoms with Crippen molar-refractivity contribution in [3.8, 4) is 0 Å². The molecular weight excluding hydrogens is 250 g/mol. The summed E-state index contributed by atoms with van der Waals surface area (Å²) in [5, 5.41) is 1.72. The van der Waals surface area contributed by atoms with Gasteiger partial charge in [0.15, 0.2) is 0 Å². The van der Waals surface area contributed by atoms with Crippen LogP contribution in [0.5, 0.6) is 0 Å². The van der Waals surface area contributed by atoms with E-state index in [1.807, 2.05) is 48.9 Å². The third-order valence-electron chi connectivity index (χ3n) is 2.94. The van der Waals surface area contributed by atoms with Crippen LogP contribution in [0.4, 0.5) is 0 Å². The van der Waals surface area contributed by atoms with Gasteiger partial charge in [0, 0.05) is 22.1 Å². The highest BCUT2D eigenvalue weighted by molar-refractivity contribution is 6.31. The number of hydrogen-bond acceptors (Lipinski definition) is 2. The topological polar surface area (TPSA) is 31.2 Å². The SMILES string of the molecule is CCC(C)OC(=O)Cn1ccc2cc(Cl)ccc21. The van der Waals surface area contributed by atoms with Gasteiger partial charge in [0.05, 0.1) is 6.10 Å². The zero-order chi connectivity index (χ0) is 13.1. The number of benzene rings is 1. The highest BCUT2D eigenvalue weighted by atomic mass is 35.5. The Kier molecular flexibility index (Phi) is 3.92. The lowest BCUT2D eigenvalue weighted by atomic mass is 10.2. The Morgan fingerprint density at radius 1 is 1.44 bits per heavy atom. The summed E-state index contributed by atoms with van der Waals surface area (Å²) >= 11 is 5.92. The molecule has 1 atom stereocenters. The van der Waals surface area contributed by atoms with Gasteiger partial charge in [0.2, 0.25) is 0 Å². The minimum Gasteiger partial charge on any atom is -0.461 e. The molecule has 0 aliphatic carbocycles. The number of fused-ring (bicyclic) bond motifs is 1. The molecule has 0 saturated heterocycles. The van der Waals surface area contributed by atoms with E-state index >= 15 is 0 Å². The Morgan fingerprint density at radius 3 is 2.94 bits per heavy atom. The molecule has 1 heterocycles. The molecule has 1 unspecified atom stereocenters. The van der Waals surface area contributed by atoms with Crippen molar-refractivity contribution in [3.05, 3.63) is 35.5 Å². The van der Waals surface area contributed by atoms with E-state index < -0.39 is 0 Å². The molecule has 2 rings (SSSR count). The summed E-state index contributed by atoms with van der Waals surface area (Å²) < 4.78 is 7.13. The predicted molar refractivity (Wildman–Crippen MR) is 72.8 cm³/mol. The van der Waals surface area contributed by atoms with Gasteiger partial charge >= 0.3 is 5.97 Å². The zero-order valence-corrected chi connectivity index (χ0v) is 11.3. The largest absolute Gasteiger partial charge is 0.461 e. The van der Waals surface area contributed by atoms with Crippen LogP contribution in [0.2, 0.25) is 5.02 Å². The Balaban J connectivity index is 2.15. The van der Waals surface area contributed by atoms with Crippen LogP contribution in [-0.2, 0) is 16.1 Å². The van der Waals surface area contributed by atoms with Gasteiger partial charge in [0.1, 0.15) is 6.54 Å². The molecule has 0 bridgehead atoms. The van der Waals surface area contributed by atoms with Gasteiger partial charge in [-0.05, 0) is 37.6 Å². The highest BCUT2D eigenvalue weighted by Crippen LogP contribution is 2.20. The fraction of sp³-hybridized carbons (Fsp3) is 0.357. The van der Waals surface area contributed by atoms with Gasteiger partial charge in [-0.25, -0.2) is 0 Å². The molecule has 0 aliphatic heterocycles. The molecule has 18 heavy (non-hydrogen) atoms. The molecule has 0 saturated carbocycles. The molecule has 0 radical (unpaired) electrons. The number of aromatic nitrogens is 1. The van der Waals surface area contributed by atoms with E-state index in [4.69, 9.17) is 16.3 Å². The second kappa shape index (κ2) is 5.44. The summed E-state index contributed by atoms with van der Waals surface area (Å²) in [6, 6.07) is 7.56. The Hall–Kier alpha value is -1.48. The molecule has 4 heteroatoms. The molecule has 0 fully saturated rings. The maximum absolute atomic E-state index is 11.7. The van der Waals surface area contributed by atoms with Gasteiger partial charge in [-0.15, -0.1) is 0 Å².